The number of hydrogen-bond acceptors (Lipinski definition) is 2. The summed E-state index contributed by atoms with van der Waals surface area (Å²) in [6.45, 7) is 6.15. The highest BCUT2D eigenvalue weighted by Crippen LogP contribution is 2.24. The van der Waals surface area contributed by atoms with Crippen molar-refractivity contribution in [3.63, 3.8) is 0 Å². The summed E-state index contributed by atoms with van der Waals surface area (Å²) >= 11 is 9.53. The van der Waals surface area contributed by atoms with Crippen molar-refractivity contribution in [2.24, 2.45) is 5.92 Å². The minimum Gasteiger partial charge on any atom is -0.311 e. The van der Waals surface area contributed by atoms with Crippen LogP contribution in [0.15, 0.2) is 34.9 Å². The van der Waals surface area contributed by atoms with Crippen molar-refractivity contribution in [3.05, 3.63) is 45.7 Å². The minimum atomic E-state index is 0.643. The highest BCUT2D eigenvalue weighted by atomic mass is 79.9. The van der Waals surface area contributed by atoms with Crippen LogP contribution in [0.2, 0.25) is 5.02 Å². The van der Waals surface area contributed by atoms with Gasteiger partial charge in [0, 0.05) is 22.2 Å². The zero-order valence-corrected chi connectivity index (χ0v) is 13.4. The lowest BCUT2D eigenvalue weighted by atomic mass is 10.2. The molecule has 0 aliphatic carbocycles. The lowest BCUT2D eigenvalue weighted by molar-refractivity contribution is 0.546. The normalized spacial score (nSPS) is 11.2. The molecule has 102 valence electrons. The quantitative estimate of drug-likeness (QED) is 0.889. The minimum absolute atomic E-state index is 0.643. The predicted octanol–water partition coefficient (Wildman–Crippen LogP) is 4.03. The van der Waals surface area contributed by atoms with Crippen molar-refractivity contribution in [3.8, 4) is 5.69 Å². The largest absolute Gasteiger partial charge is 0.311 e. The zero-order chi connectivity index (χ0) is 13.8. The average molecular weight is 343 g/mol. The van der Waals surface area contributed by atoms with Gasteiger partial charge < -0.3 is 5.32 Å². The first-order valence-electron chi connectivity index (χ1n) is 6.27. The lowest BCUT2D eigenvalue weighted by Crippen LogP contribution is -2.19. The number of hydrogen-bond donors (Lipinski definition) is 1. The fraction of sp³-hybridized carbons (Fsp3) is 0.357. The fourth-order valence-electron chi connectivity index (χ4n) is 1.74. The van der Waals surface area contributed by atoms with Crippen LogP contribution in [0.1, 0.15) is 19.5 Å². The average Bonchev–Trinajstić information content (AvgIpc) is 2.80. The summed E-state index contributed by atoms with van der Waals surface area (Å²) < 4.78 is 2.81. The maximum Gasteiger partial charge on any atom is 0.0802 e. The molecule has 0 bridgehead atoms. The third-order valence-electron chi connectivity index (χ3n) is 2.66. The van der Waals surface area contributed by atoms with E-state index < -0.39 is 0 Å². The van der Waals surface area contributed by atoms with Crippen LogP contribution in [0, 0.1) is 5.92 Å². The summed E-state index contributed by atoms with van der Waals surface area (Å²) in [5, 5.41) is 8.63. The Hall–Kier alpha value is -0.840. The molecule has 0 saturated carbocycles. The Bertz CT molecular complexity index is 551. The SMILES string of the molecule is CC(C)CNCc1ccn(-c2cc(Cl)ccc2Br)n1. The number of rotatable bonds is 5. The molecule has 1 aromatic carbocycles. The maximum absolute atomic E-state index is 6.02. The number of nitrogens with one attached hydrogen (secondary N) is 1. The Kier molecular flexibility index (Phi) is 5.02. The third-order valence-corrected chi connectivity index (χ3v) is 3.56. The number of benzene rings is 1. The summed E-state index contributed by atoms with van der Waals surface area (Å²) in [4.78, 5) is 0. The van der Waals surface area contributed by atoms with Crippen molar-refractivity contribution in [2.75, 3.05) is 6.54 Å². The topological polar surface area (TPSA) is 29.9 Å². The van der Waals surface area contributed by atoms with Crippen LogP contribution in [-0.2, 0) is 6.54 Å². The Labute approximate surface area is 127 Å². The molecule has 1 N–H and O–H groups in total. The van der Waals surface area contributed by atoms with Crippen LogP contribution >= 0.6 is 27.5 Å². The monoisotopic (exact) mass is 341 g/mol. The molecule has 1 heterocycles. The highest BCUT2D eigenvalue weighted by molar-refractivity contribution is 9.10. The van der Waals surface area contributed by atoms with E-state index in [-0.39, 0.29) is 0 Å². The van der Waals surface area contributed by atoms with E-state index in [0.717, 1.165) is 28.9 Å². The number of nitrogens with zero attached hydrogens (tertiary/aromatic N) is 2. The van der Waals surface area contributed by atoms with Gasteiger partial charge in [0.1, 0.15) is 0 Å². The Morgan fingerprint density at radius 3 is 2.89 bits per heavy atom. The first-order chi connectivity index (χ1) is 9.06. The molecule has 0 unspecified atom stereocenters. The van der Waals surface area contributed by atoms with Crippen molar-refractivity contribution in [1.82, 2.24) is 15.1 Å². The van der Waals surface area contributed by atoms with Crippen LogP contribution in [-0.4, -0.2) is 16.3 Å². The summed E-state index contributed by atoms with van der Waals surface area (Å²) in [6.07, 6.45) is 1.95. The van der Waals surface area contributed by atoms with Gasteiger partial charge in [-0.3, -0.25) is 0 Å². The summed E-state index contributed by atoms with van der Waals surface area (Å²) in [5.74, 6) is 0.643. The summed E-state index contributed by atoms with van der Waals surface area (Å²) in [5.41, 5.74) is 1.97. The van der Waals surface area contributed by atoms with Gasteiger partial charge in [0.15, 0.2) is 0 Å². The van der Waals surface area contributed by atoms with Crippen LogP contribution in [0.4, 0.5) is 0 Å². The van der Waals surface area contributed by atoms with Crippen LogP contribution in [0.5, 0.6) is 0 Å². The fourth-order valence-corrected chi connectivity index (χ4v) is 2.34. The predicted molar refractivity (Wildman–Crippen MR) is 82.8 cm³/mol. The second-order valence-corrected chi connectivity index (χ2v) is 6.16. The maximum atomic E-state index is 6.02. The van der Waals surface area contributed by atoms with E-state index in [0.29, 0.717) is 10.9 Å². The molecular weight excluding hydrogens is 326 g/mol. The molecular formula is C14H17BrClN3. The standard InChI is InChI=1S/C14H17BrClN3/c1-10(2)8-17-9-12-5-6-19(18-12)14-7-11(16)3-4-13(14)15/h3-7,10,17H,8-9H2,1-2H3. The smallest absolute Gasteiger partial charge is 0.0802 e. The van der Waals surface area contributed by atoms with E-state index in [1.165, 1.54) is 0 Å². The van der Waals surface area contributed by atoms with Gasteiger partial charge in [-0.2, -0.15) is 5.10 Å². The van der Waals surface area contributed by atoms with Gasteiger partial charge >= 0.3 is 0 Å². The molecule has 2 rings (SSSR count). The molecule has 0 aliphatic rings. The molecule has 1 aromatic heterocycles. The molecule has 0 radical (unpaired) electrons. The van der Waals surface area contributed by atoms with Gasteiger partial charge in [-0.15, -0.1) is 0 Å². The number of halogens is 2. The first-order valence-corrected chi connectivity index (χ1v) is 7.44. The molecule has 19 heavy (non-hydrogen) atoms. The lowest BCUT2D eigenvalue weighted by Gasteiger charge is -2.06. The second kappa shape index (κ2) is 6.55. The summed E-state index contributed by atoms with van der Waals surface area (Å²) in [7, 11) is 0. The van der Waals surface area contributed by atoms with Gasteiger partial charge in [-0.05, 0) is 52.7 Å². The van der Waals surface area contributed by atoms with Crippen molar-refractivity contribution >= 4 is 27.5 Å². The molecule has 3 nitrogen and oxygen atoms in total. The molecule has 2 aromatic rings. The van der Waals surface area contributed by atoms with Crippen molar-refractivity contribution < 1.29 is 0 Å². The van der Waals surface area contributed by atoms with Crippen molar-refractivity contribution in [2.45, 2.75) is 20.4 Å². The van der Waals surface area contributed by atoms with Gasteiger partial charge in [-0.25, -0.2) is 4.68 Å². The molecule has 0 spiro atoms. The van der Waals surface area contributed by atoms with Gasteiger partial charge in [0.05, 0.1) is 11.4 Å². The zero-order valence-electron chi connectivity index (χ0n) is 11.0. The molecule has 0 saturated heterocycles. The van der Waals surface area contributed by atoms with E-state index in [9.17, 15) is 0 Å². The second-order valence-electron chi connectivity index (χ2n) is 4.87. The first kappa shape index (κ1) is 14.6. The molecule has 0 aliphatic heterocycles. The van der Waals surface area contributed by atoms with E-state index in [1.54, 1.807) is 0 Å². The third kappa shape index (κ3) is 4.06. The van der Waals surface area contributed by atoms with Crippen LogP contribution in [0.25, 0.3) is 5.69 Å². The van der Waals surface area contributed by atoms with E-state index in [1.807, 2.05) is 35.1 Å². The highest BCUT2D eigenvalue weighted by Gasteiger charge is 2.06. The van der Waals surface area contributed by atoms with Crippen LogP contribution in [0.3, 0.4) is 0 Å². The molecule has 0 amide bonds. The Morgan fingerprint density at radius 2 is 2.16 bits per heavy atom. The molecule has 0 fully saturated rings. The van der Waals surface area contributed by atoms with E-state index in [4.69, 9.17) is 11.6 Å². The van der Waals surface area contributed by atoms with Gasteiger partial charge in [0.25, 0.3) is 0 Å². The summed E-state index contributed by atoms with van der Waals surface area (Å²) in [6, 6.07) is 7.68. The Morgan fingerprint density at radius 1 is 1.37 bits per heavy atom. The van der Waals surface area contributed by atoms with Gasteiger partial charge in [-0.1, -0.05) is 25.4 Å². The van der Waals surface area contributed by atoms with Gasteiger partial charge in [0.2, 0.25) is 0 Å². The molecule has 0 atom stereocenters. The van der Waals surface area contributed by atoms with E-state index >= 15 is 0 Å². The van der Waals surface area contributed by atoms with Crippen molar-refractivity contribution in [1.29, 1.82) is 0 Å². The molecule has 5 heteroatoms. The van der Waals surface area contributed by atoms with Crippen LogP contribution < -0.4 is 5.32 Å². The number of aromatic nitrogens is 2. The Balaban J connectivity index is 2.10. The van der Waals surface area contributed by atoms with E-state index in [2.05, 4.69) is 40.2 Å².